The molecule has 0 radical (unpaired) electrons. The van der Waals surface area contributed by atoms with Gasteiger partial charge in [-0.1, -0.05) is 12.1 Å². The molecule has 0 saturated heterocycles. The highest BCUT2D eigenvalue weighted by Crippen LogP contribution is 2.25. The van der Waals surface area contributed by atoms with Gasteiger partial charge in [0.25, 0.3) is 0 Å². The van der Waals surface area contributed by atoms with E-state index in [1.165, 1.54) is 0 Å². The second kappa shape index (κ2) is 4.72. The van der Waals surface area contributed by atoms with Crippen molar-refractivity contribution in [1.82, 2.24) is 4.57 Å². The molecule has 1 heterocycles. The Morgan fingerprint density at radius 1 is 1.21 bits per heavy atom. The minimum Gasteiger partial charge on any atom is -0.478 e. The van der Waals surface area contributed by atoms with E-state index < -0.39 is 5.97 Å². The van der Waals surface area contributed by atoms with Gasteiger partial charge in [-0.2, -0.15) is 0 Å². The molecular formula is C15H15NO3. The summed E-state index contributed by atoms with van der Waals surface area (Å²) >= 11 is 0. The molecule has 1 aromatic carbocycles. The van der Waals surface area contributed by atoms with Crippen LogP contribution in [0.2, 0.25) is 0 Å². The first-order chi connectivity index (χ1) is 8.97. The van der Waals surface area contributed by atoms with E-state index in [1.807, 2.05) is 31.2 Å². The number of benzene rings is 1. The second-order valence-corrected chi connectivity index (χ2v) is 4.56. The highest BCUT2D eigenvalue weighted by Gasteiger charge is 2.22. The van der Waals surface area contributed by atoms with Gasteiger partial charge in [-0.05, 0) is 38.5 Å². The summed E-state index contributed by atoms with van der Waals surface area (Å²) in [4.78, 5) is 22.4. The first-order valence-corrected chi connectivity index (χ1v) is 5.94. The Hall–Kier alpha value is -2.36. The Morgan fingerprint density at radius 3 is 2.37 bits per heavy atom. The Bertz CT molecular complexity index is 668. The molecule has 1 N–H and O–H groups in total. The lowest BCUT2D eigenvalue weighted by Crippen LogP contribution is -2.03. The average Bonchev–Trinajstić information content (AvgIpc) is 2.60. The molecule has 0 aliphatic rings. The van der Waals surface area contributed by atoms with Gasteiger partial charge in [-0.15, -0.1) is 0 Å². The number of aromatic carboxylic acids is 1. The maximum atomic E-state index is 11.3. The normalized spacial score (nSPS) is 10.5. The molecular weight excluding hydrogens is 242 g/mol. The third-order valence-corrected chi connectivity index (χ3v) is 3.28. The molecule has 0 amide bonds. The first kappa shape index (κ1) is 13.1. The lowest BCUT2D eigenvalue weighted by Gasteiger charge is -2.10. The molecule has 0 aliphatic carbocycles. The van der Waals surface area contributed by atoms with Crippen LogP contribution in [0.4, 0.5) is 0 Å². The molecule has 0 bridgehead atoms. The summed E-state index contributed by atoms with van der Waals surface area (Å²) in [6.45, 7) is 5.44. The molecule has 0 aliphatic heterocycles. The molecule has 4 heteroatoms. The van der Waals surface area contributed by atoms with Crippen molar-refractivity contribution in [2.45, 2.75) is 20.8 Å². The van der Waals surface area contributed by atoms with Crippen LogP contribution in [-0.2, 0) is 0 Å². The van der Waals surface area contributed by atoms with E-state index in [1.54, 1.807) is 18.4 Å². The van der Waals surface area contributed by atoms with E-state index in [0.29, 0.717) is 17.7 Å². The third kappa shape index (κ3) is 2.05. The predicted octanol–water partition coefficient (Wildman–Crippen LogP) is 2.91. The number of hydrogen-bond donors (Lipinski definition) is 1. The van der Waals surface area contributed by atoms with Gasteiger partial charge in [0.1, 0.15) is 0 Å². The number of nitrogens with zero attached hydrogens (tertiary/aromatic N) is 1. The van der Waals surface area contributed by atoms with E-state index in [2.05, 4.69) is 0 Å². The molecule has 19 heavy (non-hydrogen) atoms. The monoisotopic (exact) mass is 257 g/mol. The van der Waals surface area contributed by atoms with Crippen LogP contribution >= 0.6 is 0 Å². The summed E-state index contributed by atoms with van der Waals surface area (Å²) < 4.78 is 1.81. The van der Waals surface area contributed by atoms with Gasteiger partial charge in [0.05, 0.1) is 11.1 Å². The number of aldehydes is 1. The number of rotatable bonds is 3. The molecule has 0 saturated carbocycles. The van der Waals surface area contributed by atoms with Gasteiger partial charge in [-0.25, -0.2) is 4.79 Å². The second-order valence-electron chi connectivity index (χ2n) is 4.56. The van der Waals surface area contributed by atoms with E-state index >= 15 is 0 Å². The molecule has 98 valence electrons. The van der Waals surface area contributed by atoms with Crippen LogP contribution in [0.1, 0.15) is 37.7 Å². The van der Waals surface area contributed by atoms with Crippen LogP contribution in [0.3, 0.4) is 0 Å². The number of carbonyl (C=O) groups is 2. The van der Waals surface area contributed by atoms with E-state index in [-0.39, 0.29) is 11.1 Å². The molecule has 1 aromatic heterocycles. The topological polar surface area (TPSA) is 59.3 Å². The molecule has 4 nitrogen and oxygen atoms in total. The number of carbonyl (C=O) groups excluding carboxylic acids is 1. The zero-order valence-corrected chi connectivity index (χ0v) is 11.1. The summed E-state index contributed by atoms with van der Waals surface area (Å²) in [6.07, 6.45) is 0.609. The van der Waals surface area contributed by atoms with Crippen molar-refractivity contribution in [3.8, 4) is 5.69 Å². The number of carboxylic acids is 1. The maximum Gasteiger partial charge on any atom is 0.338 e. The number of aryl methyl sites for hydroxylation is 1. The van der Waals surface area contributed by atoms with E-state index in [4.69, 9.17) is 0 Å². The van der Waals surface area contributed by atoms with Gasteiger partial charge in [0.2, 0.25) is 0 Å². The Labute approximate surface area is 111 Å². The van der Waals surface area contributed by atoms with Crippen molar-refractivity contribution in [3.63, 3.8) is 0 Å². The minimum absolute atomic E-state index is 0.0778. The van der Waals surface area contributed by atoms with Crippen molar-refractivity contribution < 1.29 is 14.7 Å². The summed E-state index contributed by atoms with van der Waals surface area (Å²) in [7, 11) is 0. The number of hydrogen-bond acceptors (Lipinski definition) is 2. The molecule has 0 spiro atoms. The Kier molecular flexibility index (Phi) is 3.25. The number of carboxylic acid groups (broad SMARTS) is 1. The van der Waals surface area contributed by atoms with Crippen LogP contribution in [0.5, 0.6) is 0 Å². The largest absolute Gasteiger partial charge is 0.478 e. The van der Waals surface area contributed by atoms with Crippen LogP contribution < -0.4 is 0 Å². The van der Waals surface area contributed by atoms with Gasteiger partial charge < -0.3 is 9.67 Å². The SMILES string of the molecule is Cc1cccc(-n2c(C)c(C=O)c(C(=O)O)c2C)c1. The molecule has 0 unspecified atom stereocenters. The third-order valence-electron chi connectivity index (χ3n) is 3.28. The highest BCUT2D eigenvalue weighted by atomic mass is 16.4. The fourth-order valence-corrected chi connectivity index (χ4v) is 2.43. The zero-order valence-electron chi connectivity index (χ0n) is 11.1. The predicted molar refractivity (Wildman–Crippen MR) is 72.3 cm³/mol. The molecule has 0 atom stereocenters. The maximum absolute atomic E-state index is 11.3. The zero-order chi connectivity index (χ0) is 14.2. The van der Waals surface area contributed by atoms with Crippen LogP contribution in [0.25, 0.3) is 5.69 Å². The molecule has 2 rings (SSSR count). The summed E-state index contributed by atoms with van der Waals surface area (Å²) in [5, 5.41) is 9.24. The van der Waals surface area contributed by atoms with E-state index in [9.17, 15) is 14.7 Å². The van der Waals surface area contributed by atoms with Gasteiger partial charge in [0.15, 0.2) is 6.29 Å². The van der Waals surface area contributed by atoms with Crippen molar-refractivity contribution in [2.24, 2.45) is 0 Å². The Morgan fingerprint density at radius 2 is 1.89 bits per heavy atom. The van der Waals surface area contributed by atoms with E-state index in [0.717, 1.165) is 11.3 Å². The van der Waals surface area contributed by atoms with Crippen molar-refractivity contribution in [2.75, 3.05) is 0 Å². The standard InChI is InChI=1S/C15H15NO3/c1-9-5-4-6-12(7-9)16-10(2)13(8-17)14(11(16)3)15(18)19/h4-8H,1-3H3,(H,18,19). The Balaban J connectivity index is 2.78. The van der Waals surface area contributed by atoms with Crippen molar-refractivity contribution in [3.05, 3.63) is 52.3 Å². The van der Waals surface area contributed by atoms with Gasteiger partial charge in [-0.3, -0.25) is 4.79 Å². The lowest BCUT2D eigenvalue weighted by molar-refractivity contribution is 0.0693. The number of aromatic nitrogens is 1. The minimum atomic E-state index is -1.07. The van der Waals surface area contributed by atoms with Crippen LogP contribution in [0, 0.1) is 20.8 Å². The van der Waals surface area contributed by atoms with Crippen molar-refractivity contribution in [1.29, 1.82) is 0 Å². The first-order valence-electron chi connectivity index (χ1n) is 5.94. The van der Waals surface area contributed by atoms with Gasteiger partial charge >= 0.3 is 5.97 Å². The van der Waals surface area contributed by atoms with Crippen molar-refractivity contribution >= 4 is 12.3 Å². The fourth-order valence-electron chi connectivity index (χ4n) is 2.43. The fraction of sp³-hybridized carbons (Fsp3) is 0.200. The van der Waals surface area contributed by atoms with Gasteiger partial charge in [0, 0.05) is 17.1 Å². The van der Waals surface area contributed by atoms with Crippen LogP contribution in [0.15, 0.2) is 24.3 Å². The molecule has 0 fully saturated rings. The summed E-state index contributed by atoms with van der Waals surface area (Å²) in [5.41, 5.74) is 3.48. The van der Waals surface area contributed by atoms with Crippen LogP contribution in [-0.4, -0.2) is 21.9 Å². The molecule has 2 aromatic rings. The average molecular weight is 257 g/mol. The smallest absolute Gasteiger partial charge is 0.338 e. The summed E-state index contributed by atoms with van der Waals surface area (Å²) in [6, 6.07) is 7.73. The summed E-state index contributed by atoms with van der Waals surface area (Å²) in [5.74, 6) is -1.07. The quantitative estimate of drug-likeness (QED) is 0.860. The lowest BCUT2D eigenvalue weighted by atomic mass is 10.1. The highest BCUT2D eigenvalue weighted by molar-refractivity contribution is 5.99.